The molecule has 1 aromatic carbocycles. The van der Waals surface area contributed by atoms with Crippen LogP contribution in [0.3, 0.4) is 0 Å². The highest BCUT2D eigenvalue weighted by molar-refractivity contribution is 6.08. The molecule has 1 fully saturated rings. The number of rotatable bonds is 6. The van der Waals surface area contributed by atoms with Gasteiger partial charge in [-0.3, -0.25) is 9.59 Å². The summed E-state index contributed by atoms with van der Waals surface area (Å²) in [5, 5.41) is 12.1. The molecule has 2 N–H and O–H groups in total. The number of carbonyl (C=O) groups is 3. The Hall–Kier alpha value is -2.87. The first-order chi connectivity index (χ1) is 12.5. The number of anilines is 2. The molecule has 2 amide bonds. The van der Waals surface area contributed by atoms with Crippen LogP contribution in [-0.2, 0) is 19.1 Å². The van der Waals surface area contributed by atoms with Crippen LogP contribution in [0.1, 0.15) is 12.8 Å². The number of nitrogens with zero attached hydrogens (tertiary/aromatic N) is 2. The maximum atomic E-state index is 12.5. The molecule has 0 bridgehead atoms. The van der Waals surface area contributed by atoms with E-state index in [0.717, 1.165) is 12.1 Å². The number of esters is 1. The first-order valence-electron chi connectivity index (χ1n) is 8.44. The fourth-order valence-corrected chi connectivity index (χ4v) is 3.17. The average molecular weight is 359 g/mol. The van der Waals surface area contributed by atoms with E-state index < -0.39 is 5.97 Å². The van der Waals surface area contributed by atoms with E-state index in [9.17, 15) is 14.4 Å². The Balaban J connectivity index is 1.86. The van der Waals surface area contributed by atoms with Gasteiger partial charge in [0.1, 0.15) is 5.70 Å². The van der Waals surface area contributed by atoms with Crippen LogP contribution >= 0.6 is 0 Å². The Bertz CT molecular complexity index is 774. The maximum Gasteiger partial charge on any atom is 0.337 e. The second kappa shape index (κ2) is 7.57. The van der Waals surface area contributed by atoms with Crippen LogP contribution in [0.25, 0.3) is 0 Å². The third kappa shape index (κ3) is 3.41. The molecule has 0 aliphatic carbocycles. The summed E-state index contributed by atoms with van der Waals surface area (Å²) in [4.78, 5) is 39.6. The van der Waals surface area contributed by atoms with Crippen molar-refractivity contribution >= 4 is 29.2 Å². The Morgan fingerprint density at radius 2 is 2.15 bits per heavy atom. The van der Waals surface area contributed by atoms with Gasteiger partial charge in [-0.15, -0.1) is 0 Å². The summed E-state index contributed by atoms with van der Waals surface area (Å²) >= 11 is 0. The monoisotopic (exact) mass is 359 g/mol. The first kappa shape index (κ1) is 17.9. The minimum absolute atomic E-state index is 0.0719. The average Bonchev–Trinajstić information content (AvgIpc) is 3.20. The van der Waals surface area contributed by atoms with Gasteiger partial charge in [-0.1, -0.05) is 6.07 Å². The number of aliphatic hydroxyl groups is 1. The fraction of sp³-hybridized carbons (Fsp3) is 0.389. The van der Waals surface area contributed by atoms with Crippen molar-refractivity contribution < 1.29 is 24.2 Å². The highest BCUT2D eigenvalue weighted by atomic mass is 16.5. The fourth-order valence-electron chi connectivity index (χ4n) is 3.17. The highest BCUT2D eigenvalue weighted by Gasteiger charge is 2.34. The zero-order valence-corrected chi connectivity index (χ0v) is 14.5. The number of carbonyl (C=O) groups excluding carboxylic acids is 3. The number of aliphatic hydroxyl groups excluding tert-OH is 1. The van der Waals surface area contributed by atoms with Gasteiger partial charge < -0.3 is 25.0 Å². The third-order valence-electron chi connectivity index (χ3n) is 4.45. The summed E-state index contributed by atoms with van der Waals surface area (Å²) in [5.41, 5.74) is 1.69. The number of β-amino-alcohol motifs (C(OH)–C–C–N with tert-alkyl or cyclic N) is 1. The van der Waals surface area contributed by atoms with E-state index >= 15 is 0 Å². The van der Waals surface area contributed by atoms with Crippen molar-refractivity contribution in [2.75, 3.05) is 43.6 Å². The van der Waals surface area contributed by atoms with Crippen molar-refractivity contribution in [1.29, 1.82) is 0 Å². The third-order valence-corrected chi connectivity index (χ3v) is 4.45. The number of ether oxygens (including phenoxy) is 1. The summed E-state index contributed by atoms with van der Waals surface area (Å²) in [6, 6.07) is 7.14. The van der Waals surface area contributed by atoms with E-state index in [4.69, 9.17) is 9.84 Å². The Kier molecular flexibility index (Phi) is 5.22. The molecule has 8 nitrogen and oxygen atoms in total. The van der Waals surface area contributed by atoms with Gasteiger partial charge in [-0.25, -0.2) is 4.79 Å². The Morgan fingerprint density at radius 1 is 1.35 bits per heavy atom. The van der Waals surface area contributed by atoms with Gasteiger partial charge in [0.25, 0.3) is 5.91 Å². The minimum atomic E-state index is -0.591. The van der Waals surface area contributed by atoms with Crippen LogP contribution in [0.15, 0.2) is 35.5 Å². The van der Waals surface area contributed by atoms with Gasteiger partial charge >= 0.3 is 5.97 Å². The molecule has 0 aromatic heterocycles. The summed E-state index contributed by atoms with van der Waals surface area (Å²) in [6.07, 6.45) is 1.35. The number of amides is 2. The van der Waals surface area contributed by atoms with Crippen molar-refractivity contribution in [3.05, 3.63) is 35.5 Å². The number of hydrogen-bond donors (Lipinski definition) is 2. The molecule has 3 rings (SSSR count). The summed E-state index contributed by atoms with van der Waals surface area (Å²) in [6.45, 7) is 0.688. The van der Waals surface area contributed by atoms with Gasteiger partial charge in [0.05, 0.1) is 25.8 Å². The lowest BCUT2D eigenvalue weighted by Gasteiger charge is -2.18. The zero-order chi connectivity index (χ0) is 18.7. The van der Waals surface area contributed by atoms with Crippen molar-refractivity contribution in [3.63, 3.8) is 0 Å². The molecular weight excluding hydrogens is 338 g/mol. The van der Waals surface area contributed by atoms with Gasteiger partial charge in [0.2, 0.25) is 5.91 Å². The number of hydrogen-bond acceptors (Lipinski definition) is 6. The summed E-state index contributed by atoms with van der Waals surface area (Å²) < 4.78 is 4.76. The van der Waals surface area contributed by atoms with Crippen LogP contribution in [0.5, 0.6) is 0 Å². The largest absolute Gasteiger partial charge is 0.466 e. The molecular formula is C18H21N3O5. The molecule has 1 aromatic rings. The molecule has 1 saturated heterocycles. The predicted octanol–water partition coefficient (Wildman–Crippen LogP) is 0.487. The lowest BCUT2D eigenvalue weighted by Crippen LogP contribution is -2.31. The highest BCUT2D eigenvalue weighted by Crippen LogP contribution is 2.27. The molecule has 2 aliphatic heterocycles. The Labute approximate surface area is 151 Å². The normalized spacial score (nSPS) is 17.3. The Morgan fingerprint density at radius 3 is 2.81 bits per heavy atom. The van der Waals surface area contributed by atoms with Gasteiger partial charge in [-0.05, 0) is 24.6 Å². The first-order valence-corrected chi connectivity index (χ1v) is 8.44. The lowest BCUT2D eigenvalue weighted by molar-refractivity contribution is -0.136. The molecule has 0 saturated carbocycles. The maximum absolute atomic E-state index is 12.5. The van der Waals surface area contributed by atoms with Crippen molar-refractivity contribution in [1.82, 2.24) is 4.90 Å². The van der Waals surface area contributed by atoms with E-state index in [2.05, 4.69) is 5.32 Å². The smallest absolute Gasteiger partial charge is 0.337 e. The molecule has 0 spiro atoms. The van der Waals surface area contributed by atoms with Crippen molar-refractivity contribution in [2.45, 2.75) is 12.8 Å². The lowest BCUT2D eigenvalue weighted by atomic mass is 10.2. The molecule has 0 unspecified atom stereocenters. The molecule has 0 atom stereocenters. The van der Waals surface area contributed by atoms with Crippen molar-refractivity contribution in [2.24, 2.45) is 0 Å². The topological polar surface area (TPSA) is 99.2 Å². The number of benzene rings is 1. The standard InChI is InChI=1S/C18H21N3O5/c1-26-18(25)14-11-20(8-9-22)17(24)16(14)19-12-4-2-5-13(10-12)21-7-3-6-15(21)23/h2,4-5,10,19,22H,3,6-9,11H2,1H3. The van der Waals surface area contributed by atoms with E-state index in [0.29, 0.717) is 18.7 Å². The molecule has 2 heterocycles. The minimum Gasteiger partial charge on any atom is -0.466 e. The van der Waals surface area contributed by atoms with Gasteiger partial charge in [0.15, 0.2) is 0 Å². The quantitative estimate of drug-likeness (QED) is 0.717. The summed E-state index contributed by atoms with van der Waals surface area (Å²) in [7, 11) is 1.26. The number of nitrogens with one attached hydrogen (secondary N) is 1. The zero-order valence-electron chi connectivity index (χ0n) is 14.5. The van der Waals surface area contributed by atoms with E-state index in [1.807, 2.05) is 6.07 Å². The van der Waals surface area contributed by atoms with Crippen LogP contribution in [0, 0.1) is 0 Å². The van der Waals surface area contributed by atoms with Gasteiger partial charge in [-0.2, -0.15) is 0 Å². The molecule has 138 valence electrons. The second-order valence-corrected chi connectivity index (χ2v) is 6.12. The van der Waals surface area contributed by atoms with E-state index in [1.165, 1.54) is 12.0 Å². The summed E-state index contributed by atoms with van der Waals surface area (Å²) in [5.74, 6) is -0.892. The number of methoxy groups -OCH3 is 1. The van der Waals surface area contributed by atoms with E-state index in [-0.39, 0.29) is 42.8 Å². The van der Waals surface area contributed by atoms with Crippen LogP contribution < -0.4 is 10.2 Å². The van der Waals surface area contributed by atoms with Crippen molar-refractivity contribution in [3.8, 4) is 0 Å². The molecule has 2 aliphatic rings. The molecule has 0 radical (unpaired) electrons. The van der Waals surface area contributed by atoms with Crippen LogP contribution in [0.2, 0.25) is 0 Å². The SMILES string of the molecule is COC(=O)C1=C(Nc2cccc(N3CCCC3=O)c2)C(=O)N(CCO)C1. The molecule has 8 heteroatoms. The van der Waals surface area contributed by atoms with Gasteiger partial charge in [0, 0.05) is 30.9 Å². The second-order valence-electron chi connectivity index (χ2n) is 6.12. The van der Waals surface area contributed by atoms with E-state index in [1.54, 1.807) is 23.1 Å². The van der Waals surface area contributed by atoms with Crippen LogP contribution in [0.4, 0.5) is 11.4 Å². The predicted molar refractivity (Wildman–Crippen MR) is 94.4 cm³/mol. The molecule has 26 heavy (non-hydrogen) atoms. The van der Waals surface area contributed by atoms with Crippen LogP contribution in [-0.4, -0.2) is 61.1 Å².